The molecule has 10 heteroatoms. The molecule has 242 valence electrons. The van der Waals surface area contributed by atoms with Gasteiger partial charge in [0.05, 0.1) is 23.9 Å². The van der Waals surface area contributed by atoms with Crippen LogP contribution in [0.25, 0.3) is 0 Å². The van der Waals surface area contributed by atoms with E-state index in [2.05, 4.69) is 20.8 Å². The summed E-state index contributed by atoms with van der Waals surface area (Å²) in [4.78, 5) is 0. The number of phosphoric ester groups is 1. The minimum Gasteiger partial charge on any atom is -0.379 e. The summed E-state index contributed by atoms with van der Waals surface area (Å²) >= 11 is 0. The largest absolute Gasteiger partial charge is 0.476 e. The van der Waals surface area contributed by atoms with Crippen LogP contribution < -0.4 is 0 Å². The summed E-state index contributed by atoms with van der Waals surface area (Å²) in [5.74, 6) is 0. The Morgan fingerprint density at radius 1 is 0.756 bits per heavy atom. The van der Waals surface area contributed by atoms with Gasteiger partial charge in [-0.25, -0.2) is 4.57 Å². The highest BCUT2D eigenvalue weighted by Crippen LogP contribution is 2.62. The van der Waals surface area contributed by atoms with Gasteiger partial charge in [-0.05, 0) is 59.8 Å². The molecule has 0 N–H and O–H groups in total. The van der Waals surface area contributed by atoms with Crippen molar-refractivity contribution in [1.29, 1.82) is 0 Å². The van der Waals surface area contributed by atoms with Gasteiger partial charge in [-0.2, -0.15) is 0 Å². The van der Waals surface area contributed by atoms with Crippen LogP contribution in [0.4, 0.5) is 0 Å². The minimum absolute atomic E-state index is 0.0253. The topological polar surface area (TPSA) is 90.9 Å². The lowest BCUT2D eigenvalue weighted by molar-refractivity contribution is -0.324. The predicted octanol–water partition coefficient (Wildman–Crippen LogP) is 7.74. The van der Waals surface area contributed by atoms with E-state index in [1.165, 1.54) is 6.42 Å². The number of phosphoric acid groups is 1. The molecule has 0 bridgehead atoms. The lowest BCUT2D eigenvalue weighted by Crippen LogP contribution is -2.62. The molecule has 5 atom stereocenters. The molecule has 0 spiro atoms. The maximum atomic E-state index is 14.2. The Labute approximate surface area is 249 Å². The second-order valence-corrected chi connectivity index (χ2v) is 14.6. The molecule has 9 nitrogen and oxygen atoms in total. The van der Waals surface area contributed by atoms with E-state index in [4.69, 9.17) is 37.3 Å². The second-order valence-electron chi connectivity index (χ2n) is 13.1. The van der Waals surface area contributed by atoms with Gasteiger partial charge < -0.3 is 23.7 Å². The van der Waals surface area contributed by atoms with Crippen LogP contribution in [0.2, 0.25) is 0 Å². The molecule has 0 radical (unpaired) electrons. The highest BCUT2D eigenvalue weighted by atomic mass is 31.2. The Morgan fingerprint density at radius 2 is 1.32 bits per heavy atom. The SMILES string of the molecule is CCCCOCC1OC(OC2CCCCC2)C(OP2(=O)OC(C)(C)CC(C)(C)O2)C(OCCCC)C1OCCCC. The van der Waals surface area contributed by atoms with Crippen molar-refractivity contribution in [1.82, 2.24) is 0 Å². The first kappa shape index (κ1) is 35.4. The van der Waals surface area contributed by atoms with E-state index in [9.17, 15) is 4.57 Å². The van der Waals surface area contributed by atoms with Gasteiger partial charge in [-0.15, -0.1) is 0 Å². The van der Waals surface area contributed by atoms with E-state index in [1.807, 2.05) is 27.7 Å². The van der Waals surface area contributed by atoms with Crippen molar-refractivity contribution >= 4 is 7.82 Å². The molecule has 41 heavy (non-hydrogen) atoms. The maximum absolute atomic E-state index is 14.2. The number of hydrogen-bond acceptors (Lipinski definition) is 9. The molecule has 0 aromatic rings. The third-order valence-electron chi connectivity index (χ3n) is 7.83. The first-order valence-electron chi connectivity index (χ1n) is 16.3. The van der Waals surface area contributed by atoms with Crippen LogP contribution in [-0.4, -0.2) is 74.4 Å². The molecule has 2 saturated heterocycles. The minimum atomic E-state index is -4.03. The van der Waals surface area contributed by atoms with Crippen molar-refractivity contribution in [3.8, 4) is 0 Å². The number of hydrogen-bond donors (Lipinski definition) is 0. The Bertz CT molecular complexity index is 766. The quantitative estimate of drug-likeness (QED) is 0.122. The third-order valence-corrected chi connectivity index (χ3v) is 9.77. The van der Waals surface area contributed by atoms with Gasteiger partial charge in [0.25, 0.3) is 0 Å². The lowest BCUT2D eigenvalue weighted by atomic mass is 9.93. The van der Waals surface area contributed by atoms with Crippen LogP contribution in [0.3, 0.4) is 0 Å². The van der Waals surface area contributed by atoms with Gasteiger partial charge in [0.15, 0.2) is 6.29 Å². The van der Waals surface area contributed by atoms with Crippen LogP contribution in [0.15, 0.2) is 0 Å². The highest BCUT2D eigenvalue weighted by Gasteiger charge is 2.56. The molecule has 2 aliphatic heterocycles. The van der Waals surface area contributed by atoms with E-state index in [0.29, 0.717) is 32.8 Å². The zero-order chi connectivity index (χ0) is 29.9. The highest BCUT2D eigenvalue weighted by molar-refractivity contribution is 7.48. The molecule has 1 saturated carbocycles. The van der Waals surface area contributed by atoms with Gasteiger partial charge in [0.2, 0.25) is 0 Å². The van der Waals surface area contributed by atoms with Crippen molar-refractivity contribution < 1.29 is 41.8 Å². The van der Waals surface area contributed by atoms with Crippen molar-refractivity contribution in [3.63, 3.8) is 0 Å². The summed E-state index contributed by atoms with van der Waals surface area (Å²) in [5.41, 5.74) is -1.39. The molecule has 3 fully saturated rings. The van der Waals surface area contributed by atoms with Gasteiger partial charge >= 0.3 is 7.82 Å². The average Bonchev–Trinajstić information content (AvgIpc) is 2.88. The molecule has 3 rings (SSSR count). The van der Waals surface area contributed by atoms with Crippen molar-refractivity contribution in [2.75, 3.05) is 26.4 Å². The van der Waals surface area contributed by atoms with Crippen LogP contribution in [0.5, 0.6) is 0 Å². The van der Waals surface area contributed by atoms with E-state index in [1.54, 1.807) is 0 Å². The standard InChI is InChI=1S/C31H59O9P/c1-8-11-19-33-22-25-26(34-20-12-9-2)27(35-21-13-10-3)28(29(37-25)36-24-17-15-14-16-18-24)38-41(32)39-30(4,5)23-31(6,7)40-41/h24-29H,8-23H2,1-7H3. The molecule has 0 amide bonds. The van der Waals surface area contributed by atoms with Crippen molar-refractivity contribution in [3.05, 3.63) is 0 Å². The molecule has 0 aromatic carbocycles. The Kier molecular flexibility index (Phi) is 14.5. The second kappa shape index (κ2) is 16.8. The zero-order valence-corrected chi connectivity index (χ0v) is 27.8. The van der Waals surface area contributed by atoms with Crippen molar-refractivity contribution in [2.45, 2.75) is 174 Å². The molecule has 3 aliphatic rings. The van der Waals surface area contributed by atoms with Crippen LogP contribution in [0, 0.1) is 0 Å². The first-order valence-corrected chi connectivity index (χ1v) is 17.8. The normalized spacial score (nSPS) is 31.7. The van der Waals surface area contributed by atoms with E-state index < -0.39 is 49.7 Å². The molecule has 5 unspecified atom stereocenters. The monoisotopic (exact) mass is 606 g/mol. The number of unbranched alkanes of at least 4 members (excludes halogenated alkanes) is 3. The summed E-state index contributed by atoms with van der Waals surface area (Å²) in [6, 6.07) is 0. The van der Waals surface area contributed by atoms with E-state index in [0.717, 1.165) is 64.2 Å². The summed E-state index contributed by atoms with van der Waals surface area (Å²) < 4.78 is 65.1. The number of rotatable bonds is 17. The molecule has 2 heterocycles. The molecular formula is C31H59O9P. The molecule has 1 aliphatic carbocycles. The Morgan fingerprint density at radius 3 is 1.90 bits per heavy atom. The van der Waals surface area contributed by atoms with Gasteiger partial charge in [0, 0.05) is 26.2 Å². The van der Waals surface area contributed by atoms with Gasteiger partial charge in [-0.1, -0.05) is 59.3 Å². The fourth-order valence-corrected chi connectivity index (χ4v) is 8.08. The predicted molar refractivity (Wildman–Crippen MR) is 159 cm³/mol. The Balaban J connectivity index is 1.95. The third kappa shape index (κ3) is 11.4. The van der Waals surface area contributed by atoms with Crippen LogP contribution in [-0.2, 0) is 41.8 Å². The first-order chi connectivity index (χ1) is 19.5. The molecular weight excluding hydrogens is 547 g/mol. The summed E-state index contributed by atoms with van der Waals surface area (Å²) in [6.45, 7) is 16.1. The van der Waals surface area contributed by atoms with Gasteiger partial charge in [0.1, 0.15) is 24.4 Å². The summed E-state index contributed by atoms with van der Waals surface area (Å²) in [7, 11) is -4.03. The summed E-state index contributed by atoms with van der Waals surface area (Å²) in [6.07, 6.45) is 8.49. The van der Waals surface area contributed by atoms with Crippen LogP contribution in [0.1, 0.15) is 126 Å². The fraction of sp³-hybridized carbons (Fsp3) is 1.00. The zero-order valence-electron chi connectivity index (χ0n) is 26.9. The van der Waals surface area contributed by atoms with Crippen LogP contribution >= 0.6 is 7.82 Å². The maximum Gasteiger partial charge on any atom is 0.476 e. The summed E-state index contributed by atoms with van der Waals surface area (Å²) in [5, 5.41) is 0. The lowest BCUT2D eigenvalue weighted by Gasteiger charge is -2.49. The Hall–Kier alpha value is -0.0900. The fourth-order valence-electron chi connectivity index (χ4n) is 6.10. The average molecular weight is 607 g/mol. The van der Waals surface area contributed by atoms with E-state index in [-0.39, 0.29) is 6.10 Å². The molecule has 0 aromatic heterocycles. The van der Waals surface area contributed by atoms with Gasteiger partial charge in [-0.3, -0.25) is 13.6 Å². The van der Waals surface area contributed by atoms with E-state index >= 15 is 0 Å². The smallest absolute Gasteiger partial charge is 0.379 e. The number of ether oxygens (including phenoxy) is 5. The van der Waals surface area contributed by atoms with Crippen molar-refractivity contribution in [2.24, 2.45) is 0 Å².